The third-order valence-electron chi connectivity index (χ3n) is 7.16. The Morgan fingerprint density at radius 3 is 2.07 bits per heavy atom. The normalized spacial score (nSPS) is 24.4. The number of sulfonamides is 1. The number of carbonyl (C=O) groups is 1. The summed E-state index contributed by atoms with van der Waals surface area (Å²) < 4.78 is 28.4. The lowest BCUT2D eigenvalue weighted by Gasteiger charge is -2.34. The summed E-state index contributed by atoms with van der Waals surface area (Å²) >= 11 is 0. The van der Waals surface area contributed by atoms with E-state index in [0.29, 0.717) is 36.7 Å². The molecule has 1 aliphatic carbocycles. The number of rotatable bonds is 4. The van der Waals surface area contributed by atoms with Crippen LogP contribution in [0.5, 0.6) is 0 Å². The number of hydrogen-bond donors (Lipinski definition) is 1. The summed E-state index contributed by atoms with van der Waals surface area (Å²) in [5, 5.41) is 3.25. The minimum absolute atomic E-state index is 0.0861. The van der Waals surface area contributed by atoms with Gasteiger partial charge in [0.25, 0.3) is 0 Å². The van der Waals surface area contributed by atoms with Crippen molar-refractivity contribution in [2.45, 2.75) is 84.1 Å². The lowest BCUT2D eigenvalue weighted by atomic mass is 9.85. The minimum atomic E-state index is -3.55. The van der Waals surface area contributed by atoms with Gasteiger partial charge in [0.15, 0.2) is 0 Å². The van der Waals surface area contributed by atoms with Crippen molar-refractivity contribution in [3.8, 4) is 0 Å². The lowest BCUT2D eigenvalue weighted by molar-refractivity contribution is -0.127. The highest BCUT2D eigenvalue weighted by Gasteiger charge is 2.35. The van der Waals surface area contributed by atoms with Crippen molar-refractivity contribution in [1.29, 1.82) is 0 Å². The maximum atomic E-state index is 13.4. The van der Waals surface area contributed by atoms with Crippen LogP contribution in [0.2, 0.25) is 0 Å². The largest absolute Gasteiger partial charge is 0.353 e. The molecule has 1 aromatic rings. The number of hydrogen-bond acceptors (Lipinski definition) is 3. The van der Waals surface area contributed by atoms with Crippen molar-refractivity contribution in [2.24, 2.45) is 11.8 Å². The molecule has 1 heterocycles. The second-order valence-electron chi connectivity index (χ2n) is 9.14. The highest BCUT2D eigenvalue weighted by Crippen LogP contribution is 2.31. The second kappa shape index (κ2) is 8.76. The van der Waals surface area contributed by atoms with Crippen LogP contribution in [0.15, 0.2) is 11.0 Å². The van der Waals surface area contributed by atoms with E-state index < -0.39 is 10.0 Å². The van der Waals surface area contributed by atoms with E-state index in [0.717, 1.165) is 28.7 Å². The van der Waals surface area contributed by atoms with Gasteiger partial charge in [-0.2, -0.15) is 4.31 Å². The highest BCUT2D eigenvalue weighted by molar-refractivity contribution is 7.89. The summed E-state index contributed by atoms with van der Waals surface area (Å²) in [7, 11) is -3.55. The number of nitrogens with one attached hydrogen (secondary N) is 1. The molecule has 162 valence electrons. The molecule has 0 bridgehead atoms. The van der Waals surface area contributed by atoms with Crippen LogP contribution in [0.4, 0.5) is 0 Å². The third kappa shape index (κ3) is 4.53. The fourth-order valence-electron chi connectivity index (χ4n) is 4.89. The predicted octanol–water partition coefficient (Wildman–Crippen LogP) is 4.02. The van der Waals surface area contributed by atoms with Crippen LogP contribution < -0.4 is 5.32 Å². The highest BCUT2D eigenvalue weighted by atomic mass is 32.2. The topological polar surface area (TPSA) is 66.5 Å². The number of carbonyl (C=O) groups excluding carboxylic acids is 1. The van der Waals surface area contributed by atoms with E-state index >= 15 is 0 Å². The van der Waals surface area contributed by atoms with Gasteiger partial charge < -0.3 is 5.32 Å². The number of benzene rings is 1. The van der Waals surface area contributed by atoms with Crippen LogP contribution >= 0.6 is 0 Å². The Kier molecular flexibility index (Phi) is 6.74. The molecule has 6 heteroatoms. The molecule has 0 spiro atoms. The number of piperidine rings is 1. The van der Waals surface area contributed by atoms with E-state index in [9.17, 15) is 13.2 Å². The van der Waals surface area contributed by atoms with Crippen molar-refractivity contribution >= 4 is 15.9 Å². The van der Waals surface area contributed by atoms with Gasteiger partial charge in [-0.25, -0.2) is 8.42 Å². The first-order valence-electron chi connectivity index (χ1n) is 11.0. The van der Waals surface area contributed by atoms with Crippen molar-refractivity contribution in [3.05, 3.63) is 28.3 Å². The van der Waals surface area contributed by atoms with Gasteiger partial charge in [-0.15, -0.1) is 0 Å². The Morgan fingerprint density at radius 2 is 1.52 bits per heavy atom. The summed E-state index contributed by atoms with van der Waals surface area (Å²) in [5.74, 6) is 0.556. The second-order valence-corrected chi connectivity index (χ2v) is 11.0. The summed E-state index contributed by atoms with van der Waals surface area (Å²) in [4.78, 5) is 13.2. The Bertz CT molecular complexity index is 844. The minimum Gasteiger partial charge on any atom is -0.353 e. The van der Waals surface area contributed by atoms with Gasteiger partial charge in [-0.3, -0.25) is 4.79 Å². The maximum absolute atomic E-state index is 13.4. The zero-order valence-corrected chi connectivity index (χ0v) is 19.4. The quantitative estimate of drug-likeness (QED) is 0.800. The van der Waals surface area contributed by atoms with Gasteiger partial charge in [0.2, 0.25) is 15.9 Å². The average molecular weight is 421 g/mol. The molecular formula is C23H36N2O3S. The molecular weight excluding hydrogens is 384 g/mol. The smallest absolute Gasteiger partial charge is 0.243 e. The van der Waals surface area contributed by atoms with Crippen LogP contribution in [-0.4, -0.2) is 37.8 Å². The van der Waals surface area contributed by atoms with Crippen LogP contribution in [0.3, 0.4) is 0 Å². The third-order valence-corrected chi connectivity index (χ3v) is 9.33. The molecule has 1 amide bonds. The summed E-state index contributed by atoms with van der Waals surface area (Å²) in [6.07, 6.45) is 5.85. The van der Waals surface area contributed by atoms with E-state index in [1.807, 2.05) is 33.8 Å². The van der Waals surface area contributed by atoms with Gasteiger partial charge in [0, 0.05) is 25.0 Å². The Hall–Kier alpha value is -1.40. The molecule has 1 N–H and O–H groups in total. The molecule has 2 unspecified atom stereocenters. The lowest BCUT2D eigenvalue weighted by Crippen LogP contribution is -2.47. The van der Waals surface area contributed by atoms with E-state index in [4.69, 9.17) is 0 Å². The first kappa shape index (κ1) is 22.3. The van der Waals surface area contributed by atoms with Crippen LogP contribution in [0, 0.1) is 39.5 Å². The Balaban J connectivity index is 1.68. The van der Waals surface area contributed by atoms with Crippen molar-refractivity contribution in [1.82, 2.24) is 9.62 Å². The fourth-order valence-corrected chi connectivity index (χ4v) is 6.93. The van der Waals surface area contributed by atoms with Crippen LogP contribution in [0.1, 0.15) is 67.7 Å². The number of nitrogens with zero attached hydrogens (tertiary/aromatic N) is 1. The van der Waals surface area contributed by atoms with E-state index in [2.05, 4.69) is 12.2 Å². The molecule has 29 heavy (non-hydrogen) atoms. The zero-order valence-electron chi connectivity index (χ0n) is 18.5. The first-order valence-corrected chi connectivity index (χ1v) is 12.4. The van der Waals surface area contributed by atoms with Crippen LogP contribution in [-0.2, 0) is 14.8 Å². The van der Waals surface area contributed by atoms with E-state index in [1.54, 1.807) is 4.31 Å². The Morgan fingerprint density at radius 1 is 0.966 bits per heavy atom. The van der Waals surface area contributed by atoms with Crippen molar-refractivity contribution in [2.75, 3.05) is 13.1 Å². The predicted molar refractivity (Wildman–Crippen MR) is 116 cm³/mol. The van der Waals surface area contributed by atoms with Crippen molar-refractivity contribution < 1.29 is 13.2 Å². The molecule has 3 rings (SSSR count). The maximum Gasteiger partial charge on any atom is 0.243 e. The SMILES string of the molecule is Cc1cc(C)c(C)c(S(=O)(=O)N2CCC(C(=O)NC3CCCCC3C)CC2)c1C. The van der Waals surface area contributed by atoms with Gasteiger partial charge in [-0.1, -0.05) is 25.8 Å². The first-order chi connectivity index (χ1) is 13.6. The van der Waals surface area contributed by atoms with Crippen molar-refractivity contribution in [3.63, 3.8) is 0 Å². The molecule has 1 aromatic carbocycles. The fraction of sp³-hybridized carbons (Fsp3) is 0.696. The van der Waals surface area contributed by atoms with E-state index in [-0.39, 0.29) is 17.9 Å². The summed E-state index contributed by atoms with van der Waals surface area (Å²) in [6, 6.07) is 2.32. The summed E-state index contributed by atoms with van der Waals surface area (Å²) in [5.41, 5.74) is 3.67. The molecule has 2 aliphatic rings. The van der Waals surface area contributed by atoms with Gasteiger partial charge in [0.05, 0.1) is 4.90 Å². The molecule has 1 saturated carbocycles. The molecule has 2 atom stereocenters. The van der Waals surface area contributed by atoms with Gasteiger partial charge in [0.1, 0.15) is 0 Å². The van der Waals surface area contributed by atoms with Gasteiger partial charge >= 0.3 is 0 Å². The summed E-state index contributed by atoms with van der Waals surface area (Å²) in [6.45, 7) is 10.7. The number of amides is 1. The Labute approximate surface area is 176 Å². The molecule has 1 saturated heterocycles. The molecule has 1 aliphatic heterocycles. The van der Waals surface area contributed by atoms with Crippen LogP contribution in [0.25, 0.3) is 0 Å². The average Bonchev–Trinajstić information content (AvgIpc) is 2.68. The van der Waals surface area contributed by atoms with Gasteiger partial charge in [-0.05, 0) is 81.5 Å². The molecule has 5 nitrogen and oxygen atoms in total. The molecule has 0 radical (unpaired) electrons. The number of aryl methyl sites for hydroxylation is 2. The molecule has 2 fully saturated rings. The zero-order chi connectivity index (χ0) is 21.3. The van der Waals surface area contributed by atoms with E-state index in [1.165, 1.54) is 19.3 Å². The standard InChI is InChI=1S/C23H36N2O3S/c1-15-8-6-7-9-21(15)24-23(26)20-10-12-25(13-11-20)29(27,28)22-18(4)16(2)14-17(3)19(22)5/h14-15,20-21H,6-13H2,1-5H3,(H,24,26). The molecule has 0 aromatic heterocycles. The monoisotopic (exact) mass is 420 g/mol.